The number of carbonyl (C=O) groups excluding carboxylic acids is 2. The monoisotopic (exact) mass is 887 g/mol. The molecule has 0 fully saturated rings. The zero-order valence-electron chi connectivity index (χ0n) is 43.5. The van der Waals surface area contributed by atoms with Crippen LogP contribution in [0, 0.1) is 63.2 Å². The number of hydrogen-bond donors (Lipinski definition) is 3. The summed E-state index contributed by atoms with van der Waals surface area (Å²) in [7, 11) is 0. The minimum absolute atomic E-state index is 0.0206. The molecule has 1 aliphatic rings. The molecule has 0 aliphatic carbocycles. The average molecular weight is 887 g/mol. The van der Waals surface area contributed by atoms with Gasteiger partial charge in [-0.15, -0.1) is 0 Å². The normalized spacial score (nSPS) is 17.4. The summed E-state index contributed by atoms with van der Waals surface area (Å²) in [4.78, 5) is 28.0. The largest absolute Gasteiger partial charge is 0.507 e. The Morgan fingerprint density at radius 1 is 0.594 bits per heavy atom. The number of fused-ring (bicyclic) bond motifs is 1. The molecule has 3 N–H and O–H groups in total. The van der Waals surface area contributed by atoms with Crippen molar-refractivity contribution in [3.8, 4) is 23.0 Å². The van der Waals surface area contributed by atoms with Gasteiger partial charge in [0, 0.05) is 16.7 Å². The molecule has 1 aliphatic heterocycles. The number of allylic oxidation sites excluding steroid dienone is 2. The van der Waals surface area contributed by atoms with Crippen LogP contribution >= 0.6 is 0 Å². The Balaban J connectivity index is 1.66. The van der Waals surface area contributed by atoms with Gasteiger partial charge in [0.1, 0.15) is 28.6 Å². The molecule has 6 heteroatoms. The first kappa shape index (κ1) is 55.1. The highest BCUT2D eigenvalue weighted by Gasteiger charge is 2.40. The van der Waals surface area contributed by atoms with Crippen molar-refractivity contribution in [1.82, 2.24) is 0 Å². The number of phenols is 3. The molecule has 0 unspecified atom stereocenters. The van der Waals surface area contributed by atoms with Crippen LogP contribution in [-0.4, -0.2) is 32.5 Å². The minimum atomic E-state index is -0.637. The number of benzene rings is 2. The summed E-state index contributed by atoms with van der Waals surface area (Å²) in [5.41, 5.74) is 4.04. The molecule has 0 spiro atoms. The fourth-order valence-corrected chi connectivity index (χ4v) is 10.3. The molecule has 0 amide bonds. The molecule has 2 aromatic rings. The topological polar surface area (TPSA) is 104 Å². The van der Waals surface area contributed by atoms with E-state index in [4.69, 9.17) is 4.74 Å². The van der Waals surface area contributed by atoms with E-state index in [1.807, 2.05) is 27.7 Å². The third-order valence-electron chi connectivity index (χ3n) is 15.0. The van der Waals surface area contributed by atoms with Crippen LogP contribution in [0.3, 0.4) is 0 Å². The van der Waals surface area contributed by atoms with Crippen LogP contribution in [0.25, 0.3) is 0 Å². The van der Waals surface area contributed by atoms with E-state index in [9.17, 15) is 24.9 Å². The molecule has 2 aromatic carbocycles. The Labute approximate surface area is 391 Å². The third kappa shape index (κ3) is 16.6. The fraction of sp³-hybridized carbons (Fsp3) is 0.724. The molecule has 64 heavy (non-hydrogen) atoms. The molecule has 0 saturated carbocycles. The molecule has 0 saturated heterocycles. The van der Waals surface area contributed by atoms with Crippen molar-refractivity contribution in [2.24, 2.45) is 35.5 Å². The van der Waals surface area contributed by atoms with Gasteiger partial charge in [-0.05, 0) is 138 Å². The molecular weight excluding hydrogens is 793 g/mol. The number of Topliss-reactive ketones (excluding diaryl/α,β-unsaturated/α-hetero) is 1. The molecule has 362 valence electrons. The Hall–Kier alpha value is -3.28. The molecule has 6 nitrogen and oxygen atoms in total. The smallest absolute Gasteiger partial charge is 0.189 e. The maximum atomic E-state index is 14.1. The van der Waals surface area contributed by atoms with Crippen LogP contribution in [-0.2, 0) is 12.8 Å². The quantitative estimate of drug-likeness (QED) is 0.0427. The summed E-state index contributed by atoms with van der Waals surface area (Å²) in [5, 5.41) is 34.6. The van der Waals surface area contributed by atoms with Gasteiger partial charge in [-0.2, -0.15) is 0 Å². The number of hydrogen-bond acceptors (Lipinski definition) is 6. The van der Waals surface area contributed by atoms with Gasteiger partial charge in [0.25, 0.3) is 0 Å². The maximum absolute atomic E-state index is 14.1. The first-order chi connectivity index (χ1) is 30.1. The van der Waals surface area contributed by atoms with Gasteiger partial charge in [0.2, 0.25) is 0 Å². The van der Waals surface area contributed by atoms with Crippen LogP contribution in [0.15, 0.2) is 11.6 Å². The summed E-state index contributed by atoms with van der Waals surface area (Å²) >= 11 is 0. The Morgan fingerprint density at radius 2 is 1.05 bits per heavy atom. The Bertz CT molecular complexity index is 1850. The van der Waals surface area contributed by atoms with E-state index in [2.05, 4.69) is 55.4 Å². The van der Waals surface area contributed by atoms with Crippen LogP contribution in [0.1, 0.15) is 245 Å². The van der Waals surface area contributed by atoms with E-state index < -0.39 is 5.60 Å². The van der Waals surface area contributed by atoms with E-state index in [0.717, 1.165) is 73.3 Å². The summed E-state index contributed by atoms with van der Waals surface area (Å²) < 4.78 is 6.78. The highest BCUT2D eigenvalue weighted by Crippen LogP contribution is 2.46. The Morgan fingerprint density at radius 3 is 1.55 bits per heavy atom. The fourth-order valence-electron chi connectivity index (χ4n) is 10.3. The van der Waals surface area contributed by atoms with E-state index in [1.54, 1.807) is 19.9 Å². The second kappa shape index (κ2) is 26.2. The highest BCUT2D eigenvalue weighted by molar-refractivity contribution is 6.09. The van der Waals surface area contributed by atoms with Crippen molar-refractivity contribution < 1.29 is 29.6 Å². The third-order valence-corrected chi connectivity index (χ3v) is 15.0. The molecule has 0 aromatic heterocycles. The predicted molar refractivity (Wildman–Crippen MR) is 270 cm³/mol. The average Bonchev–Trinajstić information content (AvgIpc) is 3.20. The van der Waals surface area contributed by atoms with E-state index in [1.165, 1.54) is 77.0 Å². The minimum Gasteiger partial charge on any atom is -0.507 e. The molecule has 3 rings (SSSR count). The van der Waals surface area contributed by atoms with Gasteiger partial charge in [-0.25, -0.2) is 0 Å². The first-order valence-electron chi connectivity index (χ1n) is 25.9. The lowest BCUT2D eigenvalue weighted by Gasteiger charge is -2.37. The van der Waals surface area contributed by atoms with Gasteiger partial charge in [0.05, 0.1) is 17.5 Å². The summed E-state index contributed by atoms with van der Waals surface area (Å²) in [6.07, 6.45) is 23.6. The standard InChI is InChI=1S/C58H94O6/c1-37(2)21-15-23-39(5)25-17-27-41(7)29-19-30-43(9)35-50(59)52-47(13)54(61)46(12)48(56(52)63)32-33-49-53-51(60)36-58(14,64-57(53)45(11)44(10)55(49)62)34-20-31-42(8)28-18-26-40(6)24-16-22-38(3)4/h35,37-42,61-63H,15-34,36H2,1-14H3/b43-35+/t39-,40-,41-,42-,58-/m1/s1. The Kier molecular flexibility index (Phi) is 22.5. The number of carbonyl (C=O) groups is 2. The summed E-state index contributed by atoms with van der Waals surface area (Å²) in [6, 6.07) is 0. The second-order valence-electron chi connectivity index (χ2n) is 22.3. The number of phenolic OH excluding ortho intramolecular Hbond substituents is 3. The lowest BCUT2D eigenvalue weighted by molar-refractivity contribution is 0.0437. The lowest BCUT2D eigenvalue weighted by Crippen LogP contribution is -2.40. The zero-order valence-corrected chi connectivity index (χ0v) is 43.5. The van der Waals surface area contributed by atoms with Crippen molar-refractivity contribution >= 4 is 11.6 Å². The molecule has 5 atom stereocenters. The summed E-state index contributed by atoms with van der Waals surface area (Å²) in [5.74, 6) is 4.47. The van der Waals surface area contributed by atoms with Crippen molar-refractivity contribution in [2.75, 3.05) is 0 Å². The van der Waals surface area contributed by atoms with Gasteiger partial charge < -0.3 is 20.1 Å². The van der Waals surface area contributed by atoms with Crippen LogP contribution in [0.4, 0.5) is 0 Å². The van der Waals surface area contributed by atoms with Crippen molar-refractivity contribution in [3.63, 3.8) is 0 Å². The number of aromatic hydroxyl groups is 3. The molecular formula is C58H94O6. The summed E-state index contributed by atoms with van der Waals surface area (Å²) in [6.45, 7) is 29.9. The molecule has 0 bridgehead atoms. The molecule has 1 heterocycles. The van der Waals surface area contributed by atoms with Crippen molar-refractivity contribution in [3.05, 3.63) is 56.2 Å². The SMILES string of the molecule is C/C(=C\C(=O)c1c(C)c(O)c(C)c(CCc2c(O)c(C)c(C)c3c2C(=O)C[C@@](C)(CCC[C@H](C)CCC[C@H](C)CCCC(C)C)O3)c1O)CCC[C@H](C)CCC[C@H](C)CCCC(C)C. The van der Waals surface area contributed by atoms with E-state index in [-0.39, 0.29) is 53.6 Å². The van der Waals surface area contributed by atoms with Gasteiger partial charge >= 0.3 is 0 Å². The van der Waals surface area contributed by atoms with Gasteiger partial charge in [-0.3, -0.25) is 9.59 Å². The predicted octanol–water partition coefficient (Wildman–Crippen LogP) is 16.6. The number of ketones is 2. The van der Waals surface area contributed by atoms with E-state index in [0.29, 0.717) is 51.0 Å². The van der Waals surface area contributed by atoms with Gasteiger partial charge in [0.15, 0.2) is 11.6 Å². The number of ether oxygens (including phenoxy) is 1. The molecule has 0 radical (unpaired) electrons. The maximum Gasteiger partial charge on any atom is 0.189 e. The van der Waals surface area contributed by atoms with Crippen molar-refractivity contribution in [1.29, 1.82) is 0 Å². The lowest BCUT2D eigenvalue weighted by atomic mass is 9.81. The van der Waals surface area contributed by atoms with Crippen LogP contribution < -0.4 is 4.74 Å². The van der Waals surface area contributed by atoms with Crippen molar-refractivity contribution in [2.45, 2.75) is 237 Å². The van der Waals surface area contributed by atoms with Gasteiger partial charge in [-0.1, -0.05) is 151 Å². The van der Waals surface area contributed by atoms with Crippen LogP contribution in [0.2, 0.25) is 0 Å². The zero-order chi connectivity index (χ0) is 47.9. The first-order valence-corrected chi connectivity index (χ1v) is 25.9. The van der Waals surface area contributed by atoms with E-state index >= 15 is 0 Å². The van der Waals surface area contributed by atoms with Crippen LogP contribution in [0.5, 0.6) is 23.0 Å². The highest BCUT2D eigenvalue weighted by atomic mass is 16.5. The second-order valence-corrected chi connectivity index (χ2v) is 22.3. The number of rotatable bonds is 29.